The van der Waals surface area contributed by atoms with Gasteiger partial charge in [-0.05, 0) is 54.8 Å². The van der Waals surface area contributed by atoms with Gasteiger partial charge < -0.3 is 0 Å². The van der Waals surface area contributed by atoms with Gasteiger partial charge in [0.25, 0.3) is 0 Å². The molecule has 0 radical (unpaired) electrons. The smallest absolute Gasteiger partial charge is 0.0349 e. The summed E-state index contributed by atoms with van der Waals surface area (Å²) in [6.07, 6.45) is 7.48. The highest BCUT2D eigenvalue weighted by Crippen LogP contribution is 2.63. The van der Waals surface area contributed by atoms with Crippen LogP contribution in [0.25, 0.3) is 0 Å². The van der Waals surface area contributed by atoms with Crippen molar-refractivity contribution in [2.24, 2.45) is 35.5 Å². The van der Waals surface area contributed by atoms with Crippen LogP contribution in [0.1, 0.15) is 59.8 Å². The van der Waals surface area contributed by atoms with Crippen LogP contribution in [-0.2, 0) is 0 Å². The van der Waals surface area contributed by atoms with Gasteiger partial charge in [-0.2, -0.15) is 0 Å². The maximum absolute atomic E-state index is 2.41. The fourth-order valence-electron chi connectivity index (χ4n) is 3.92. The standard InChI is InChI=1S/C15H28/c1-5-11(6-2)7-13-14-8-12(10(3)4)9-15(13)14/h10-15H,5-9H2,1-4H3. The Bertz CT molecular complexity index is 190. The number of fused-ring (bicyclic) bond motifs is 1. The monoisotopic (exact) mass is 208 g/mol. The Labute approximate surface area is 95.8 Å². The Balaban J connectivity index is 1.75. The Kier molecular flexibility index (Phi) is 3.42. The van der Waals surface area contributed by atoms with Crippen molar-refractivity contribution in [3.05, 3.63) is 0 Å². The number of rotatable bonds is 5. The summed E-state index contributed by atoms with van der Waals surface area (Å²) < 4.78 is 0. The van der Waals surface area contributed by atoms with E-state index in [1.54, 1.807) is 19.3 Å². The summed E-state index contributed by atoms with van der Waals surface area (Å²) >= 11 is 0. The van der Waals surface area contributed by atoms with Crippen LogP contribution in [0, 0.1) is 35.5 Å². The van der Waals surface area contributed by atoms with Gasteiger partial charge in [0.05, 0.1) is 0 Å². The average Bonchev–Trinajstić information content (AvgIpc) is 2.68. The first-order valence-corrected chi connectivity index (χ1v) is 7.17. The van der Waals surface area contributed by atoms with E-state index in [-0.39, 0.29) is 0 Å². The molecule has 0 nitrogen and oxygen atoms in total. The van der Waals surface area contributed by atoms with Crippen molar-refractivity contribution >= 4 is 0 Å². The summed E-state index contributed by atoms with van der Waals surface area (Å²) in [5.41, 5.74) is 0. The van der Waals surface area contributed by atoms with Crippen molar-refractivity contribution in [2.45, 2.75) is 59.8 Å². The summed E-state index contributed by atoms with van der Waals surface area (Å²) in [7, 11) is 0. The van der Waals surface area contributed by atoms with Gasteiger partial charge in [0.15, 0.2) is 0 Å². The molecule has 0 spiro atoms. The quantitative estimate of drug-likeness (QED) is 0.612. The van der Waals surface area contributed by atoms with Gasteiger partial charge in [0.1, 0.15) is 0 Å². The molecule has 88 valence electrons. The molecule has 0 saturated heterocycles. The van der Waals surface area contributed by atoms with Crippen LogP contribution in [0.15, 0.2) is 0 Å². The van der Waals surface area contributed by atoms with Gasteiger partial charge in [0.2, 0.25) is 0 Å². The average molecular weight is 208 g/mol. The van der Waals surface area contributed by atoms with E-state index < -0.39 is 0 Å². The van der Waals surface area contributed by atoms with Crippen molar-refractivity contribution in [3.63, 3.8) is 0 Å². The highest BCUT2D eigenvalue weighted by molar-refractivity contribution is 5.04. The van der Waals surface area contributed by atoms with Crippen LogP contribution in [0.3, 0.4) is 0 Å². The molecule has 0 aromatic heterocycles. The molecular weight excluding hydrogens is 180 g/mol. The zero-order valence-corrected chi connectivity index (χ0v) is 11.0. The van der Waals surface area contributed by atoms with Crippen LogP contribution in [0.4, 0.5) is 0 Å². The molecule has 0 heterocycles. The molecule has 0 aliphatic heterocycles. The molecule has 2 rings (SSSR count). The van der Waals surface area contributed by atoms with Crippen molar-refractivity contribution in [1.29, 1.82) is 0 Å². The molecule has 0 aromatic carbocycles. The zero-order chi connectivity index (χ0) is 11.0. The molecule has 15 heavy (non-hydrogen) atoms. The number of hydrogen-bond acceptors (Lipinski definition) is 0. The largest absolute Gasteiger partial charge is 0.0651 e. The lowest BCUT2D eigenvalue weighted by Crippen LogP contribution is -2.09. The minimum Gasteiger partial charge on any atom is -0.0651 e. The zero-order valence-electron chi connectivity index (χ0n) is 11.0. The first-order valence-electron chi connectivity index (χ1n) is 7.17. The van der Waals surface area contributed by atoms with Crippen LogP contribution in [0.5, 0.6) is 0 Å². The lowest BCUT2D eigenvalue weighted by molar-refractivity contribution is 0.312. The molecule has 0 aromatic rings. The van der Waals surface area contributed by atoms with Gasteiger partial charge in [0, 0.05) is 0 Å². The van der Waals surface area contributed by atoms with E-state index in [0.29, 0.717) is 0 Å². The second kappa shape index (κ2) is 4.47. The normalized spacial score (nSPS) is 38.8. The maximum atomic E-state index is 2.41. The first kappa shape index (κ1) is 11.5. The molecule has 0 heteroatoms. The van der Waals surface area contributed by atoms with Crippen LogP contribution in [0.2, 0.25) is 0 Å². The molecular formula is C15H28. The Morgan fingerprint density at radius 3 is 1.93 bits per heavy atom. The van der Waals surface area contributed by atoms with E-state index in [1.165, 1.54) is 12.8 Å². The summed E-state index contributed by atoms with van der Waals surface area (Å²) in [6, 6.07) is 0. The Morgan fingerprint density at radius 2 is 1.53 bits per heavy atom. The molecule has 0 N–H and O–H groups in total. The lowest BCUT2D eigenvalue weighted by Gasteiger charge is -2.19. The summed E-state index contributed by atoms with van der Waals surface area (Å²) in [6.45, 7) is 9.54. The van der Waals surface area contributed by atoms with Gasteiger partial charge in [-0.15, -0.1) is 0 Å². The fourth-order valence-corrected chi connectivity index (χ4v) is 3.92. The third-order valence-corrected chi connectivity index (χ3v) is 5.36. The van der Waals surface area contributed by atoms with Crippen LogP contribution < -0.4 is 0 Å². The van der Waals surface area contributed by atoms with Gasteiger partial charge in [-0.1, -0.05) is 40.5 Å². The second-order valence-electron chi connectivity index (χ2n) is 6.39. The first-order chi connectivity index (χ1) is 7.17. The molecule has 0 amide bonds. The molecule has 2 aliphatic carbocycles. The van der Waals surface area contributed by atoms with E-state index >= 15 is 0 Å². The van der Waals surface area contributed by atoms with E-state index in [2.05, 4.69) is 27.7 Å². The highest BCUT2D eigenvalue weighted by Gasteiger charge is 2.55. The topological polar surface area (TPSA) is 0 Å². The van der Waals surface area contributed by atoms with Crippen LogP contribution >= 0.6 is 0 Å². The van der Waals surface area contributed by atoms with Crippen molar-refractivity contribution in [1.82, 2.24) is 0 Å². The van der Waals surface area contributed by atoms with Crippen LogP contribution in [-0.4, -0.2) is 0 Å². The summed E-state index contributed by atoms with van der Waals surface area (Å²) in [5.74, 6) is 6.48. The molecule has 0 bridgehead atoms. The van der Waals surface area contributed by atoms with Crippen molar-refractivity contribution in [3.8, 4) is 0 Å². The molecule has 2 atom stereocenters. The van der Waals surface area contributed by atoms with E-state index in [9.17, 15) is 0 Å². The SMILES string of the molecule is CCC(CC)CC1C2CC(C(C)C)CC12. The van der Waals surface area contributed by atoms with E-state index in [1.807, 2.05) is 0 Å². The summed E-state index contributed by atoms with van der Waals surface area (Å²) in [4.78, 5) is 0. The molecule has 2 aliphatic rings. The maximum Gasteiger partial charge on any atom is -0.0349 e. The third-order valence-electron chi connectivity index (χ3n) is 5.36. The predicted octanol–water partition coefficient (Wildman–Crippen LogP) is 4.74. The lowest BCUT2D eigenvalue weighted by atomic mass is 9.86. The minimum atomic E-state index is 0.937. The highest BCUT2D eigenvalue weighted by atomic mass is 14.6. The third kappa shape index (κ3) is 2.24. The van der Waals surface area contributed by atoms with Crippen molar-refractivity contribution in [2.75, 3.05) is 0 Å². The van der Waals surface area contributed by atoms with E-state index in [0.717, 1.165) is 35.5 Å². The van der Waals surface area contributed by atoms with Crippen molar-refractivity contribution < 1.29 is 0 Å². The van der Waals surface area contributed by atoms with Gasteiger partial charge in [-0.3, -0.25) is 0 Å². The molecule has 2 fully saturated rings. The second-order valence-corrected chi connectivity index (χ2v) is 6.39. The summed E-state index contributed by atoms with van der Waals surface area (Å²) in [5, 5.41) is 0. The predicted molar refractivity (Wildman–Crippen MR) is 66.7 cm³/mol. The fraction of sp³-hybridized carbons (Fsp3) is 1.00. The van der Waals surface area contributed by atoms with E-state index in [4.69, 9.17) is 0 Å². The van der Waals surface area contributed by atoms with Gasteiger partial charge >= 0.3 is 0 Å². The van der Waals surface area contributed by atoms with Gasteiger partial charge in [-0.25, -0.2) is 0 Å². The Hall–Kier alpha value is 0. The Morgan fingerprint density at radius 1 is 1.00 bits per heavy atom. The molecule has 2 unspecified atom stereocenters. The molecule has 2 saturated carbocycles. The number of hydrogen-bond donors (Lipinski definition) is 0. The minimum absolute atomic E-state index is 0.937.